The summed E-state index contributed by atoms with van der Waals surface area (Å²) < 4.78 is 0. The Bertz CT molecular complexity index is 147. The van der Waals surface area contributed by atoms with Gasteiger partial charge in [0.1, 0.15) is 0 Å². The summed E-state index contributed by atoms with van der Waals surface area (Å²) >= 11 is 0. The molecule has 0 aromatic rings. The maximum absolute atomic E-state index is 8.64. The molecule has 0 rings (SSSR count). The van der Waals surface area contributed by atoms with E-state index in [2.05, 4.69) is 6.92 Å². The summed E-state index contributed by atoms with van der Waals surface area (Å²) in [5, 5.41) is 24.5. The van der Waals surface area contributed by atoms with E-state index in [4.69, 9.17) is 15.3 Å². The molecule has 3 heteroatoms. The predicted molar refractivity (Wildman–Crippen MR) is 96.2 cm³/mol. The summed E-state index contributed by atoms with van der Waals surface area (Å²) in [5.74, 6) is 0. The number of hydrogen-bond acceptors (Lipinski definition) is 3. The van der Waals surface area contributed by atoms with Crippen molar-refractivity contribution < 1.29 is 15.3 Å². The molecule has 0 aliphatic heterocycles. The lowest BCUT2D eigenvalue weighted by molar-refractivity contribution is 0.221. The fraction of sp³-hybridized carbons (Fsp3) is 1.00. The van der Waals surface area contributed by atoms with Gasteiger partial charge in [0.05, 0.1) is 0 Å². The van der Waals surface area contributed by atoms with E-state index in [9.17, 15) is 0 Å². The molecule has 0 bridgehead atoms. The lowest BCUT2D eigenvalue weighted by Gasteiger charge is -2.02. The van der Waals surface area contributed by atoms with Crippen LogP contribution >= 0.6 is 0 Å². The van der Waals surface area contributed by atoms with E-state index >= 15 is 0 Å². The van der Waals surface area contributed by atoms with Gasteiger partial charge in [-0.1, -0.05) is 90.4 Å². The van der Waals surface area contributed by atoms with Crippen molar-refractivity contribution in [2.75, 3.05) is 19.8 Å². The normalized spacial score (nSPS) is 10.4. The van der Waals surface area contributed by atoms with E-state index in [0.717, 1.165) is 6.42 Å². The van der Waals surface area contributed by atoms with E-state index in [1.54, 1.807) is 0 Å². The summed E-state index contributed by atoms with van der Waals surface area (Å²) in [7, 11) is 0. The lowest BCUT2D eigenvalue weighted by atomic mass is 10.0. The first-order valence-electron chi connectivity index (χ1n) is 9.66. The highest BCUT2D eigenvalue weighted by molar-refractivity contribution is 4.48. The average Bonchev–Trinajstić information content (AvgIpc) is 2.53. The molecule has 3 nitrogen and oxygen atoms in total. The Balaban J connectivity index is 0. The molecule has 0 saturated carbocycles. The second kappa shape index (κ2) is 25.8. The Hall–Kier alpha value is -0.120. The largest absolute Gasteiger partial charge is 0.396 e. The van der Waals surface area contributed by atoms with E-state index < -0.39 is 0 Å². The van der Waals surface area contributed by atoms with Gasteiger partial charge >= 0.3 is 0 Å². The predicted octanol–water partition coefficient (Wildman–Crippen LogP) is 4.82. The zero-order valence-electron chi connectivity index (χ0n) is 15.1. The third-order valence-corrected chi connectivity index (χ3v) is 3.83. The molecule has 0 spiro atoms. The monoisotopic (exact) mass is 318 g/mol. The summed E-state index contributed by atoms with van der Waals surface area (Å²) in [6, 6.07) is 0. The van der Waals surface area contributed by atoms with Gasteiger partial charge in [-0.25, -0.2) is 0 Å². The van der Waals surface area contributed by atoms with Crippen LogP contribution < -0.4 is 0 Å². The molecular formula is C19H42O3. The van der Waals surface area contributed by atoms with E-state index in [1.165, 1.54) is 83.5 Å². The van der Waals surface area contributed by atoms with Gasteiger partial charge in [-0.05, 0) is 12.8 Å². The van der Waals surface area contributed by atoms with Gasteiger partial charge < -0.3 is 15.3 Å². The zero-order chi connectivity index (χ0) is 16.7. The molecule has 0 aromatic heterocycles. The molecule has 0 amide bonds. The first-order valence-corrected chi connectivity index (χ1v) is 9.66. The van der Waals surface area contributed by atoms with Gasteiger partial charge in [-0.2, -0.15) is 0 Å². The minimum Gasteiger partial charge on any atom is -0.396 e. The molecule has 0 fully saturated rings. The zero-order valence-corrected chi connectivity index (χ0v) is 15.1. The molecule has 0 radical (unpaired) electrons. The Morgan fingerprint density at radius 1 is 0.364 bits per heavy atom. The number of aliphatic hydroxyl groups is 3. The summed E-state index contributed by atoms with van der Waals surface area (Å²) in [5.41, 5.74) is 0. The van der Waals surface area contributed by atoms with Crippen LogP contribution in [0.15, 0.2) is 0 Å². The molecule has 0 atom stereocenters. The molecule has 0 saturated heterocycles. The Morgan fingerprint density at radius 2 is 0.636 bits per heavy atom. The van der Waals surface area contributed by atoms with Crippen LogP contribution in [0.3, 0.4) is 0 Å². The smallest absolute Gasteiger partial charge is 0.0452 e. The first kappa shape index (κ1) is 24.1. The van der Waals surface area contributed by atoms with Gasteiger partial charge in [0, 0.05) is 19.8 Å². The molecule has 136 valence electrons. The maximum atomic E-state index is 8.64. The highest BCUT2D eigenvalue weighted by Crippen LogP contribution is 2.12. The Morgan fingerprint density at radius 3 is 0.864 bits per heavy atom. The van der Waals surface area contributed by atoms with Crippen molar-refractivity contribution in [2.45, 2.75) is 103 Å². The second-order valence-corrected chi connectivity index (χ2v) is 6.12. The van der Waals surface area contributed by atoms with E-state index in [-0.39, 0.29) is 13.2 Å². The van der Waals surface area contributed by atoms with Crippen molar-refractivity contribution in [1.29, 1.82) is 0 Å². The molecule has 3 N–H and O–H groups in total. The topological polar surface area (TPSA) is 60.7 Å². The van der Waals surface area contributed by atoms with Crippen LogP contribution in [-0.2, 0) is 0 Å². The van der Waals surface area contributed by atoms with Gasteiger partial charge in [-0.3, -0.25) is 0 Å². The average molecular weight is 319 g/mol. The van der Waals surface area contributed by atoms with Crippen molar-refractivity contribution in [3.63, 3.8) is 0 Å². The van der Waals surface area contributed by atoms with E-state index in [1.807, 2.05) is 0 Å². The minimum atomic E-state index is 0.0938. The molecule has 22 heavy (non-hydrogen) atoms. The van der Waals surface area contributed by atoms with Crippen LogP contribution in [0, 0.1) is 0 Å². The van der Waals surface area contributed by atoms with Crippen LogP contribution in [0.25, 0.3) is 0 Å². The second-order valence-electron chi connectivity index (χ2n) is 6.12. The van der Waals surface area contributed by atoms with Crippen molar-refractivity contribution >= 4 is 0 Å². The van der Waals surface area contributed by atoms with Crippen LogP contribution in [0.2, 0.25) is 0 Å². The Labute approximate surface area is 139 Å². The van der Waals surface area contributed by atoms with Crippen LogP contribution in [-0.4, -0.2) is 35.1 Å². The molecule has 0 aromatic carbocycles. The molecule has 0 aliphatic rings. The number of aliphatic hydroxyl groups excluding tert-OH is 3. The summed E-state index contributed by atoms with van der Waals surface area (Å²) in [4.78, 5) is 0. The minimum absolute atomic E-state index is 0.0938. The standard InChI is InChI=1S/C16H34O.C3H8O2/c1-2-3-4-5-6-7-8-9-10-11-12-13-14-15-16-17;4-2-1-3-5/h17H,2-16H2,1H3;4-5H,1-3H2. The van der Waals surface area contributed by atoms with Crippen molar-refractivity contribution in [2.24, 2.45) is 0 Å². The number of hydrogen-bond donors (Lipinski definition) is 3. The SMILES string of the molecule is CCCCCCCCCCCCCCCCO.OCCCO. The highest BCUT2D eigenvalue weighted by atomic mass is 16.3. The van der Waals surface area contributed by atoms with Gasteiger partial charge in [-0.15, -0.1) is 0 Å². The fourth-order valence-corrected chi connectivity index (χ4v) is 2.38. The molecule has 0 heterocycles. The summed E-state index contributed by atoms with van der Waals surface area (Å²) in [6.45, 7) is 2.84. The Kier molecular flexibility index (Phi) is 28.3. The first-order chi connectivity index (χ1) is 10.8. The molecule has 0 unspecified atom stereocenters. The quantitative estimate of drug-likeness (QED) is 0.357. The van der Waals surface area contributed by atoms with Crippen LogP contribution in [0.4, 0.5) is 0 Å². The van der Waals surface area contributed by atoms with Crippen LogP contribution in [0.1, 0.15) is 103 Å². The third-order valence-electron chi connectivity index (χ3n) is 3.83. The van der Waals surface area contributed by atoms with Crippen LogP contribution in [0.5, 0.6) is 0 Å². The lowest BCUT2D eigenvalue weighted by Crippen LogP contribution is -1.85. The van der Waals surface area contributed by atoms with E-state index in [0.29, 0.717) is 13.0 Å². The maximum Gasteiger partial charge on any atom is 0.0452 e. The van der Waals surface area contributed by atoms with Crippen molar-refractivity contribution in [1.82, 2.24) is 0 Å². The highest BCUT2D eigenvalue weighted by Gasteiger charge is 1.93. The fourth-order valence-electron chi connectivity index (χ4n) is 2.38. The molecular weight excluding hydrogens is 276 g/mol. The molecule has 0 aliphatic carbocycles. The number of unbranched alkanes of at least 4 members (excludes halogenated alkanes) is 13. The van der Waals surface area contributed by atoms with Crippen molar-refractivity contribution in [3.8, 4) is 0 Å². The summed E-state index contributed by atoms with van der Waals surface area (Å²) in [6.07, 6.45) is 19.7. The number of rotatable bonds is 16. The third kappa shape index (κ3) is 28.1. The van der Waals surface area contributed by atoms with Gasteiger partial charge in [0.15, 0.2) is 0 Å². The van der Waals surface area contributed by atoms with Crippen molar-refractivity contribution in [3.05, 3.63) is 0 Å². The van der Waals surface area contributed by atoms with Gasteiger partial charge in [0.25, 0.3) is 0 Å². The van der Waals surface area contributed by atoms with Gasteiger partial charge in [0.2, 0.25) is 0 Å².